The molecule has 2 atom stereocenters. The number of hydrogen-bond donors (Lipinski definition) is 0. The molecule has 82 valence electrons. The molecule has 0 aromatic carbocycles. The number of carbonyl (C=O) groups excluding carboxylic acids is 1. The summed E-state index contributed by atoms with van der Waals surface area (Å²) in [7, 11) is 0. The third-order valence-corrected chi connectivity index (χ3v) is 2.17. The van der Waals surface area contributed by atoms with Crippen LogP contribution in [0.3, 0.4) is 0 Å². The second-order valence-corrected chi connectivity index (χ2v) is 3.74. The van der Waals surface area contributed by atoms with Crippen LogP contribution in [0.4, 0.5) is 0 Å². The summed E-state index contributed by atoms with van der Waals surface area (Å²) in [6, 6.07) is 0. The average molecular weight is 202 g/mol. The molecule has 1 aliphatic rings. The van der Waals surface area contributed by atoms with Crippen LogP contribution in [-0.4, -0.2) is 31.1 Å². The molecule has 0 aliphatic carbocycles. The molecule has 1 saturated heterocycles. The Morgan fingerprint density at radius 3 is 2.93 bits per heavy atom. The van der Waals surface area contributed by atoms with Crippen molar-refractivity contribution in [2.45, 2.75) is 45.5 Å². The van der Waals surface area contributed by atoms with E-state index in [0.717, 1.165) is 12.8 Å². The number of ether oxygens (including phenoxy) is 3. The summed E-state index contributed by atoms with van der Waals surface area (Å²) in [5.41, 5.74) is 0. The van der Waals surface area contributed by atoms with Crippen molar-refractivity contribution >= 4 is 5.97 Å². The minimum Gasteiger partial charge on any atom is -0.463 e. The van der Waals surface area contributed by atoms with Crippen LogP contribution in [0.25, 0.3) is 0 Å². The third-order valence-electron chi connectivity index (χ3n) is 2.17. The van der Waals surface area contributed by atoms with Gasteiger partial charge >= 0.3 is 5.97 Å². The molecule has 0 aromatic heterocycles. The molecule has 0 saturated carbocycles. The molecule has 0 bridgehead atoms. The van der Waals surface area contributed by atoms with Gasteiger partial charge in [0.15, 0.2) is 5.79 Å². The zero-order chi connectivity index (χ0) is 10.6. The molecule has 0 amide bonds. The lowest BCUT2D eigenvalue weighted by Crippen LogP contribution is -2.28. The highest BCUT2D eigenvalue weighted by molar-refractivity contribution is 5.65. The smallest absolute Gasteiger partial charge is 0.302 e. The lowest BCUT2D eigenvalue weighted by atomic mass is 10.2. The summed E-state index contributed by atoms with van der Waals surface area (Å²) >= 11 is 0. The van der Waals surface area contributed by atoms with Crippen LogP contribution in [0.1, 0.15) is 33.6 Å². The van der Waals surface area contributed by atoms with Gasteiger partial charge in [-0.3, -0.25) is 4.79 Å². The first kappa shape index (κ1) is 11.5. The van der Waals surface area contributed by atoms with Crippen molar-refractivity contribution in [2.24, 2.45) is 0 Å². The van der Waals surface area contributed by atoms with E-state index in [1.54, 1.807) is 0 Å². The van der Waals surface area contributed by atoms with Gasteiger partial charge in [-0.15, -0.1) is 0 Å². The molecule has 0 radical (unpaired) electrons. The van der Waals surface area contributed by atoms with E-state index in [-0.39, 0.29) is 18.7 Å². The normalized spacial score (nSPS) is 31.8. The summed E-state index contributed by atoms with van der Waals surface area (Å²) < 4.78 is 16.0. The van der Waals surface area contributed by atoms with Gasteiger partial charge in [0.25, 0.3) is 0 Å². The van der Waals surface area contributed by atoms with Gasteiger partial charge in [-0.25, -0.2) is 0 Å². The van der Waals surface area contributed by atoms with Crippen molar-refractivity contribution in [1.82, 2.24) is 0 Å². The van der Waals surface area contributed by atoms with Gasteiger partial charge in [-0.05, 0) is 6.92 Å². The van der Waals surface area contributed by atoms with E-state index < -0.39 is 5.79 Å². The van der Waals surface area contributed by atoms with Crippen molar-refractivity contribution in [3.63, 3.8) is 0 Å². The van der Waals surface area contributed by atoms with Crippen LogP contribution < -0.4 is 0 Å². The second kappa shape index (κ2) is 4.75. The van der Waals surface area contributed by atoms with Crippen LogP contribution >= 0.6 is 0 Å². The van der Waals surface area contributed by atoms with Crippen molar-refractivity contribution in [2.75, 3.05) is 13.2 Å². The van der Waals surface area contributed by atoms with Crippen molar-refractivity contribution in [3.05, 3.63) is 0 Å². The Morgan fingerprint density at radius 1 is 1.64 bits per heavy atom. The van der Waals surface area contributed by atoms with Gasteiger partial charge in [0, 0.05) is 13.3 Å². The molecule has 1 heterocycles. The van der Waals surface area contributed by atoms with E-state index in [9.17, 15) is 4.79 Å². The minimum atomic E-state index is -0.487. The third kappa shape index (κ3) is 3.27. The van der Waals surface area contributed by atoms with Gasteiger partial charge in [-0.2, -0.15) is 0 Å². The van der Waals surface area contributed by atoms with E-state index in [0.29, 0.717) is 6.61 Å². The predicted octanol–water partition coefficient (Wildman–Crippen LogP) is 1.48. The maximum absolute atomic E-state index is 10.6. The average Bonchev–Trinajstić information content (AvgIpc) is 2.45. The summed E-state index contributed by atoms with van der Waals surface area (Å²) in [5.74, 6) is -0.766. The molecule has 4 heteroatoms. The van der Waals surface area contributed by atoms with Crippen molar-refractivity contribution in [1.29, 1.82) is 0 Å². The SMILES string of the molecule is CCC[C@@]1(C)OC[C@@H](COC(C)=O)O1. The highest BCUT2D eigenvalue weighted by Crippen LogP contribution is 2.27. The van der Waals surface area contributed by atoms with Gasteiger partial charge in [-0.1, -0.05) is 13.3 Å². The monoisotopic (exact) mass is 202 g/mol. The molecule has 1 rings (SSSR count). The quantitative estimate of drug-likeness (QED) is 0.648. The summed E-state index contributed by atoms with van der Waals surface area (Å²) in [6.07, 6.45) is 1.76. The molecule has 0 N–H and O–H groups in total. The van der Waals surface area contributed by atoms with Gasteiger partial charge in [0.2, 0.25) is 0 Å². The number of hydrogen-bond acceptors (Lipinski definition) is 4. The van der Waals surface area contributed by atoms with E-state index in [2.05, 4.69) is 6.92 Å². The Bertz CT molecular complexity index is 204. The summed E-state index contributed by atoms with van der Waals surface area (Å²) in [5, 5.41) is 0. The number of esters is 1. The first-order chi connectivity index (χ1) is 6.56. The van der Waals surface area contributed by atoms with Crippen LogP contribution in [-0.2, 0) is 19.0 Å². The topological polar surface area (TPSA) is 44.8 Å². The minimum absolute atomic E-state index is 0.115. The fourth-order valence-corrected chi connectivity index (χ4v) is 1.57. The van der Waals surface area contributed by atoms with E-state index in [1.807, 2.05) is 6.92 Å². The van der Waals surface area contributed by atoms with Crippen LogP contribution in [0.5, 0.6) is 0 Å². The maximum Gasteiger partial charge on any atom is 0.302 e. The highest BCUT2D eigenvalue weighted by atomic mass is 16.7. The Balaban J connectivity index is 2.29. The van der Waals surface area contributed by atoms with Crippen LogP contribution in [0.2, 0.25) is 0 Å². The molecule has 14 heavy (non-hydrogen) atoms. The molecule has 0 unspecified atom stereocenters. The zero-order valence-corrected chi connectivity index (χ0v) is 9.04. The molecular weight excluding hydrogens is 184 g/mol. The fraction of sp³-hybridized carbons (Fsp3) is 0.900. The van der Waals surface area contributed by atoms with Crippen LogP contribution in [0.15, 0.2) is 0 Å². The van der Waals surface area contributed by atoms with Crippen molar-refractivity contribution in [3.8, 4) is 0 Å². The number of carbonyl (C=O) groups is 1. The van der Waals surface area contributed by atoms with Crippen LogP contribution in [0, 0.1) is 0 Å². The summed E-state index contributed by atoms with van der Waals surface area (Å²) in [4.78, 5) is 10.6. The van der Waals surface area contributed by atoms with E-state index in [4.69, 9.17) is 14.2 Å². The molecule has 0 aromatic rings. The first-order valence-electron chi connectivity index (χ1n) is 5.01. The predicted molar refractivity (Wildman–Crippen MR) is 50.8 cm³/mol. The lowest BCUT2D eigenvalue weighted by molar-refractivity contribution is -0.168. The Hall–Kier alpha value is -0.610. The van der Waals surface area contributed by atoms with Gasteiger partial charge in [0.1, 0.15) is 12.7 Å². The highest BCUT2D eigenvalue weighted by Gasteiger charge is 2.36. The van der Waals surface area contributed by atoms with Gasteiger partial charge < -0.3 is 14.2 Å². The number of rotatable bonds is 4. The standard InChI is InChI=1S/C10H18O4/c1-4-5-10(3)13-7-9(14-10)6-12-8(2)11/h9H,4-7H2,1-3H3/t9-,10+/m1/s1. The zero-order valence-electron chi connectivity index (χ0n) is 9.04. The first-order valence-corrected chi connectivity index (χ1v) is 5.01. The fourth-order valence-electron chi connectivity index (χ4n) is 1.57. The van der Waals surface area contributed by atoms with E-state index >= 15 is 0 Å². The molecule has 1 fully saturated rings. The lowest BCUT2D eigenvalue weighted by Gasteiger charge is -2.22. The maximum atomic E-state index is 10.6. The second-order valence-electron chi connectivity index (χ2n) is 3.74. The Morgan fingerprint density at radius 2 is 2.36 bits per heavy atom. The molecular formula is C10H18O4. The summed E-state index contributed by atoms with van der Waals surface area (Å²) in [6.45, 7) is 6.18. The Kier molecular flexibility index (Phi) is 3.89. The van der Waals surface area contributed by atoms with Gasteiger partial charge in [0.05, 0.1) is 6.61 Å². The largest absolute Gasteiger partial charge is 0.463 e. The molecule has 1 aliphatic heterocycles. The van der Waals surface area contributed by atoms with E-state index in [1.165, 1.54) is 6.92 Å². The molecule has 4 nitrogen and oxygen atoms in total. The molecule has 0 spiro atoms. The van der Waals surface area contributed by atoms with Crippen molar-refractivity contribution < 1.29 is 19.0 Å². The Labute approximate surface area is 84.5 Å².